The number of aryl methyl sites for hydroxylation is 2. The molecule has 1 aliphatic carbocycles. The van der Waals surface area contributed by atoms with Crippen molar-refractivity contribution in [1.29, 1.82) is 0 Å². The first-order valence-corrected chi connectivity index (χ1v) is 9.68. The lowest BCUT2D eigenvalue weighted by atomic mass is 10.2. The van der Waals surface area contributed by atoms with Crippen molar-refractivity contribution in [2.45, 2.75) is 32.1 Å². The average molecular weight is 371 g/mol. The van der Waals surface area contributed by atoms with Gasteiger partial charge in [-0.05, 0) is 37.5 Å². The van der Waals surface area contributed by atoms with E-state index in [2.05, 4.69) is 15.3 Å². The van der Waals surface area contributed by atoms with E-state index in [-0.39, 0.29) is 5.91 Å². The number of ether oxygens (including phenoxy) is 1. The molecule has 1 amide bonds. The number of oxazole rings is 1. The summed E-state index contributed by atoms with van der Waals surface area (Å²) in [6.45, 7) is 1.14. The van der Waals surface area contributed by atoms with Crippen molar-refractivity contribution < 1.29 is 13.9 Å². The number of rotatable bonds is 7. The summed E-state index contributed by atoms with van der Waals surface area (Å²) in [5, 5.41) is 4.08. The van der Waals surface area contributed by atoms with Crippen molar-refractivity contribution in [3.8, 4) is 0 Å². The van der Waals surface area contributed by atoms with E-state index in [1.165, 1.54) is 17.0 Å². The number of amides is 1. The average Bonchev–Trinajstić information content (AvgIpc) is 3.32. The number of thiazole rings is 1. The molecule has 1 N–H and O–H groups in total. The van der Waals surface area contributed by atoms with Crippen LogP contribution in [0.25, 0.3) is 11.1 Å². The third-order valence-electron chi connectivity index (χ3n) is 4.48. The Morgan fingerprint density at radius 1 is 1.31 bits per heavy atom. The molecule has 136 valence electrons. The van der Waals surface area contributed by atoms with Crippen LogP contribution >= 0.6 is 11.3 Å². The fraction of sp³-hybridized carbons (Fsp3) is 0.421. The normalized spacial score (nSPS) is 13.3. The second-order valence-corrected chi connectivity index (χ2v) is 7.54. The molecule has 0 saturated heterocycles. The second-order valence-electron chi connectivity index (χ2n) is 6.37. The van der Waals surface area contributed by atoms with Crippen LogP contribution in [0.3, 0.4) is 0 Å². The molecule has 0 bridgehead atoms. The highest BCUT2D eigenvalue weighted by Gasteiger charge is 2.16. The molecular weight excluding hydrogens is 350 g/mol. The smallest absolute Gasteiger partial charge is 0.251 e. The first-order chi connectivity index (χ1) is 12.7. The van der Waals surface area contributed by atoms with Crippen molar-refractivity contribution in [3.63, 3.8) is 0 Å². The van der Waals surface area contributed by atoms with Crippen LogP contribution in [0.2, 0.25) is 0 Å². The first-order valence-electron chi connectivity index (χ1n) is 8.87. The number of benzene rings is 1. The van der Waals surface area contributed by atoms with E-state index >= 15 is 0 Å². The summed E-state index contributed by atoms with van der Waals surface area (Å²) < 4.78 is 10.7. The van der Waals surface area contributed by atoms with Gasteiger partial charge in [0.25, 0.3) is 5.91 Å². The van der Waals surface area contributed by atoms with Gasteiger partial charge >= 0.3 is 0 Å². The Morgan fingerprint density at radius 3 is 3.08 bits per heavy atom. The molecular formula is C19H21N3O3S. The Morgan fingerprint density at radius 2 is 2.23 bits per heavy atom. The Kier molecular flexibility index (Phi) is 4.99. The predicted octanol–water partition coefficient (Wildman–Crippen LogP) is 2.93. The third kappa shape index (κ3) is 3.64. The van der Waals surface area contributed by atoms with Gasteiger partial charge < -0.3 is 14.5 Å². The van der Waals surface area contributed by atoms with Crippen LogP contribution in [-0.2, 0) is 30.4 Å². The zero-order chi connectivity index (χ0) is 17.9. The lowest BCUT2D eigenvalue weighted by Crippen LogP contribution is -2.25. The maximum absolute atomic E-state index is 12.4. The van der Waals surface area contributed by atoms with E-state index in [9.17, 15) is 4.79 Å². The molecule has 3 aromatic rings. The number of nitrogens with one attached hydrogen (secondary N) is 1. The lowest BCUT2D eigenvalue weighted by Gasteiger charge is -2.03. The lowest BCUT2D eigenvalue weighted by molar-refractivity contribution is 0.0954. The Bertz CT molecular complexity index is 910. The maximum atomic E-state index is 12.4. The van der Waals surface area contributed by atoms with Gasteiger partial charge in [0.15, 0.2) is 11.5 Å². The molecule has 0 saturated carbocycles. The van der Waals surface area contributed by atoms with Crippen molar-refractivity contribution >= 4 is 28.3 Å². The van der Waals surface area contributed by atoms with Crippen LogP contribution in [0.1, 0.15) is 38.2 Å². The molecule has 0 fully saturated rings. The zero-order valence-corrected chi connectivity index (χ0v) is 15.5. The van der Waals surface area contributed by atoms with Crippen molar-refractivity contribution in [2.75, 3.05) is 20.3 Å². The summed E-state index contributed by atoms with van der Waals surface area (Å²) in [7, 11) is 1.64. The fourth-order valence-electron chi connectivity index (χ4n) is 3.15. The van der Waals surface area contributed by atoms with Crippen LogP contribution in [0.4, 0.5) is 0 Å². The van der Waals surface area contributed by atoms with E-state index in [0.717, 1.165) is 29.8 Å². The third-order valence-corrected chi connectivity index (χ3v) is 5.70. The molecule has 6 nitrogen and oxygen atoms in total. The molecule has 0 atom stereocenters. The minimum absolute atomic E-state index is 0.106. The number of carbonyl (C=O) groups is 1. The Hall–Kier alpha value is -2.25. The SMILES string of the molecule is COCCc1nc2ccc(C(=O)NCCc3nc4c(s3)CCC4)cc2o1. The van der Waals surface area contributed by atoms with Gasteiger partial charge in [0.1, 0.15) is 5.52 Å². The topological polar surface area (TPSA) is 77.2 Å². The van der Waals surface area contributed by atoms with Crippen molar-refractivity contribution in [2.24, 2.45) is 0 Å². The minimum Gasteiger partial charge on any atom is -0.441 e. The number of hydrogen-bond donors (Lipinski definition) is 1. The van der Waals surface area contributed by atoms with Crippen LogP contribution in [0, 0.1) is 0 Å². The summed E-state index contributed by atoms with van der Waals surface area (Å²) >= 11 is 1.78. The molecule has 1 aromatic carbocycles. The number of carbonyl (C=O) groups excluding carboxylic acids is 1. The first kappa shape index (κ1) is 17.2. The fourth-order valence-corrected chi connectivity index (χ4v) is 4.30. The van der Waals surface area contributed by atoms with Gasteiger partial charge in [-0.2, -0.15) is 0 Å². The summed E-state index contributed by atoms with van der Waals surface area (Å²) in [6, 6.07) is 5.33. The molecule has 1 aliphatic rings. The molecule has 0 unspecified atom stereocenters. The summed E-state index contributed by atoms with van der Waals surface area (Å²) in [5.41, 5.74) is 3.22. The van der Waals surface area contributed by atoms with E-state index < -0.39 is 0 Å². The largest absolute Gasteiger partial charge is 0.441 e. The van der Waals surface area contributed by atoms with Crippen LogP contribution in [0.5, 0.6) is 0 Å². The van der Waals surface area contributed by atoms with Crippen molar-refractivity contribution in [3.05, 3.63) is 45.2 Å². The van der Waals surface area contributed by atoms with Crippen LogP contribution < -0.4 is 5.32 Å². The Labute approximate surface area is 155 Å². The molecule has 4 rings (SSSR count). The highest BCUT2D eigenvalue weighted by Crippen LogP contribution is 2.27. The number of methoxy groups -OCH3 is 1. The molecule has 26 heavy (non-hydrogen) atoms. The van der Waals surface area contributed by atoms with Crippen LogP contribution in [-0.4, -0.2) is 36.1 Å². The van der Waals surface area contributed by atoms with Crippen LogP contribution in [0.15, 0.2) is 22.6 Å². The summed E-state index contributed by atoms with van der Waals surface area (Å²) in [5.74, 6) is 0.516. The summed E-state index contributed by atoms with van der Waals surface area (Å²) in [6.07, 6.45) is 4.87. The van der Waals surface area contributed by atoms with E-state index in [1.54, 1.807) is 30.6 Å². The molecule has 0 aliphatic heterocycles. The van der Waals surface area contributed by atoms with E-state index in [4.69, 9.17) is 9.15 Å². The van der Waals surface area contributed by atoms with Gasteiger partial charge in [-0.15, -0.1) is 11.3 Å². The van der Waals surface area contributed by atoms with Gasteiger partial charge in [-0.25, -0.2) is 9.97 Å². The maximum Gasteiger partial charge on any atom is 0.251 e. The van der Waals surface area contributed by atoms with Gasteiger partial charge in [0.2, 0.25) is 0 Å². The van der Waals surface area contributed by atoms with E-state index in [0.29, 0.717) is 36.6 Å². The number of nitrogens with zero attached hydrogens (tertiary/aromatic N) is 2. The predicted molar refractivity (Wildman–Crippen MR) is 99.8 cm³/mol. The number of hydrogen-bond acceptors (Lipinski definition) is 6. The van der Waals surface area contributed by atoms with Gasteiger partial charge in [-0.3, -0.25) is 4.79 Å². The molecule has 7 heteroatoms. The molecule has 0 spiro atoms. The van der Waals surface area contributed by atoms with Gasteiger partial charge in [-0.1, -0.05) is 0 Å². The van der Waals surface area contributed by atoms with Crippen molar-refractivity contribution in [1.82, 2.24) is 15.3 Å². The monoisotopic (exact) mass is 371 g/mol. The minimum atomic E-state index is -0.106. The number of aromatic nitrogens is 2. The number of fused-ring (bicyclic) bond motifs is 2. The Balaban J connectivity index is 1.36. The summed E-state index contributed by atoms with van der Waals surface area (Å²) in [4.78, 5) is 22.9. The zero-order valence-electron chi connectivity index (χ0n) is 14.7. The quantitative estimate of drug-likeness (QED) is 0.691. The highest BCUT2D eigenvalue weighted by molar-refractivity contribution is 7.11. The molecule has 2 aromatic heterocycles. The van der Waals surface area contributed by atoms with Gasteiger partial charge in [0, 0.05) is 36.9 Å². The molecule has 2 heterocycles. The molecule has 0 radical (unpaired) electrons. The second kappa shape index (κ2) is 7.55. The van der Waals surface area contributed by atoms with Gasteiger partial charge in [0.05, 0.1) is 17.3 Å². The highest BCUT2D eigenvalue weighted by atomic mass is 32.1. The standard InChI is InChI=1S/C19H21N3O3S/c1-24-10-8-17-21-13-6-5-12(11-15(13)25-17)19(23)20-9-7-18-22-14-3-2-4-16(14)26-18/h5-6,11H,2-4,7-10H2,1H3,(H,20,23). The van der Waals surface area contributed by atoms with E-state index in [1.807, 2.05) is 6.07 Å².